The molecule has 1 N–H and O–H groups in total. The van der Waals surface area contributed by atoms with Gasteiger partial charge in [0.05, 0.1) is 37.8 Å². The molecule has 0 bridgehead atoms. The third-order valence-corrected chi connectivity index (χ3v) is 4.65. The van der Waals surface area contributed by atoms with E-state index in [4.69, 9.17) is 9.47 Å². The molecule has 8 heteroatoms. The molecule has 0 saturated heterocycles. The minimum atomic E-state index is -0.135. The van der Waals surface area contributed by atoms with Gasteiger partial charge in [0.15, 0.2) is 11.5 Å². The number of benzene rings is 1. The van der Waals surface area contributed by atoms with Crippen LogP contribution in [0, 0.1) is 20.8 Å². The number of methoxy groups -OCH3 is 2. The number of aromatic nitrogens is 4. The van der Waals surface area contributed by atoms with Gasteiger partial charge in [-0.05, 0) is 44.5 Å². The van der Waals surface area contributed by atoms with Gasteiger partial charge < -0.3 is 14.8 Å². The normalized spacial score (nSPS) is 10.8. The third-order valence-electron chi connectivity index (χ3n) is 4.65. The molecular weight excluding hydrogens is 358 g/mol. The molecule has 1 amide bonds. The number of ether oxygens (including phenoxy) is 2. The van der Waals surface area contributed by atoms with Crippen molar-refractivity contribution in [1.29, 1.82) is 0 Å². The summed E-state index contributed by atoms with van der Waals surface area (Å²) in [7, 11) is 3.22. The molecule has 0 aliphatic rings. The lowest BCUT2D eigenvalue weighted by Gasteiger charge is -2.11. The van der Waals surface area contributed by atoms with E-state index in [2.05, 4.69) is 15.5 Å². The molecule has 0 fully saturated rings. The van der Waals surface area contributed by atoms with Crippen molar-refractivity contribution >= 4 is 11.6 Å². The molecule has 0 saturated carbocycles. The lowest BCUT2D eigenvalue weighted by molar-refractivity contribution is -0.116. The molecular formula is C20H25N5O3. The fourth-order valence-electron chi connectivity index (χ4n) is 3.06. The Hall–Kier alpha value is -3.29. The number of hydrogen-bond acceptors (Lipinski definition) is 5. The Labute approximate surface area is 164 Å². The molecule has 0 spiro atoms. The first-order valence-electron chi connectivity index (χ1n) is 8.96. The highest BCUT2D eigenvalue weighted by atomic mass is 16.5. The average Bonchev–Trinajstić information content (AvgIpc) is 3.19. The molecule has 0 unspecified atom stereocenters. The van der Waals surface area contributed by atoms with Crippen LogP contribution in [0.5, 0.6) is 11.5 Å². The number of carbonyl (C=O) groups excluding carboxylic acids is 1. The number of hydrogen-bond donors (Lipinski definition) is 1. The number of anilines is 1. The molecule has 2 aromatic heterocycles. The van der Waals surface area contributed by atoms with Crippen LogP contribution < -0.4 is 14.8 Å². The van der Waals surface area contributed by atoms with E-state index in [0.717, 1.165) is 28.3 Å². The van der Waals surface area contributed by atoms with Crippen molar-refractivity contribution in [3.05, 3.63) is 53.1 Å². The van der Waals surface area contributed by atoms with Crippen LogP contribution in [0.2, 0.25) is 0 Å². The van der Waals surface area contributed by atoms with E-state index in [-0.39, 0.29) is 12.5 Å². The smallest absolute Gasteiger partial charge is 0.246 e. The summed E-state index contributed by atoms with van der Waals surface area (Å²) < 4.78 is 14.2. The molecule has 148 valence electrons. The quantitative estimate of drug-likeness (QED) is 0.678. The van der Waals surface area contributed by atoms with Crippen molar-refractivity contribution in [3.8, 4) is 11.5 Å². The van der Waals surface area contributed by atoms with Gasteiger partial charge in [-0.15, -0.1) is 0 Å². The van der Waals surface area contributed by atoms with Gasteiger partial charge in [0.25, 0.3) is 0 Å². The molecule has 0 aliphatic carbocycles. The molecule has 0 aliphatic heterocycles. The van der Waals surface area contributed by atoms with E-state index in [1.807, 2.05) is 49.7 Å². The van der Waals surface area contributed by atoms with Crippen molar-refractivity contribution in [1.82, 2.24) is 19.6 Å². The van der Waals surface area contributed by atoms with Gasteiger partial charge in [-0.2, -0.15) is 10.2 Å². The van der Waals surface area contributed by atoms with Crippen LogP contribution in [0.1, 0.15) is 22.6 Å². The largest absolute Gasteiger partial charge is 0.493 e. The van der Waals surface area contributed by atoms with Crippen molar-refractivity contribution in [2.24, 2.45) is 0 Å². The highest BCUT2D eigenvalue weighted by molar-refractivity contribution is 5.91. The number of nitrogens with one attached hydrogen (secondary N) is 1. The second-order valence-corrected chi connectivity index (χ2v) is 6.57. The van der Waals surface area contributed by atoms with E-state index < -0.39 is 0 Å². The van der Waals surface area contributed by atoms with E-state index in [1.165, 1.54) is 0 Å². The summed E-state index contributed by atoms with van der Waals surface area (Å²) in [5.41, 5.74) is 4.35. The predicted molar refractivity (Wildman–Crippen MR) is 106 cm³/mol. The zero-order valence-electron chi connectivity index (χ0n) is 16.8. The molecule has 0 atom stereocenters. The highest BCUT2D eigenvalue weighted by Gasteiger charge is 2.16. The SMILES string of the molecule is COc1ccc(Cn2nc(C)c(NC(=O)Cn3nccc3C)c2C)cc1OC. The van der Waals surface area contributed by atoms with Crippen molar-refractivity contribution in [3.63, 3.8) is 0 Å². The zero-order chi connectivity index (χ0) is 20.3. The van der Waals surface area contributed by atoms with Gasteiger partial charge in [0, 0.05) is 11.9 Å². The summed E-state index contributed by atoms with van der Waals surface area (Å²) in [6.07, 6.45) is 1.68. The van der Waals surface area contributed by atoms with Gasteiger partial charge in [-0.25, -0.2) is 0 Å². The van der Waals surface area contributed by atoms with Crippen molar-refractivity contribution < 1.29 is 14.3 Å². The number of aryl methyl sites for hydroxylation is 2. The second kappa shape index (κ2) is 8.16. The van der Waals surface area contributed by atoms with Crippen LogP contribution in [-0.2, 0) is 17.9 Å². The molecule has 0 radical (unpaired) electrons. The van der Waals surface area contributed by atoms with Gasteiger partial charge in [-0.3, -0.25) is 14.2 Å². The molecule has 3 rings (SSSR count). The minimum Gasteiger partial charge on any atom is -0.493 e. The van der Waals surface area contributed by atoms with E-state index >= 15 is 0 Å². The molecule has 2 heterocycles. The standard InChI is InChI=1S/C20H25N5O3/c1-13-8-9-21-24(13)12-19(26)22-20-14(2)23-25(15(20)3)11-16-6-7-17(27-4)18(10-16)28-5/h6-10H,11-12H2,1-5H3,(H,22,26). The predicted octanol–water partition coefficient (Wildman–Crippen LogP) is 2.71. The molecule has 3 aromatic rings. The van der Waals surface area contributed by atoms with Crippen LogP contribution in [0.4, 0.5) is 5.69 Å². The topological polar surface area (TPSA) is 83.2 Å². The second-order valence-electron chi connectivity index (χ2n) is 6.57. The van der Waals surface area contributed by atoms with E-state index in [1.54, 1.807) is 25.1 Å². The fourth-order valence-corrected chi connectivity index (χ4v) is 3.06. The average molecular weight is 383 g/mol. The Bertz CT molecular complexity index is 990. The number of rotatable bonds is 7. The first kappa shape index (κ1) is 19.5. The van der Waals surface area contributed by atoms with Crippen molar-refractivity contribution in [2.75, 3.05) is 19.5 Å². The Kier molecular flexibility index (Phi) is 5.67. The summed E-state index contributed by atoms with van der Waals surface area (Å²) in [5, 5.41) is 11.7. The van der Waals surface area contributed by atoms with Crippen LogP contribution in [0.3, 0.4) is 0 Å². The van der Waals surface area contributed by atoms with Gasteiger partial charge in [-0.1, -0.05) is 6.07 Å². The monoisotopic (exact) mass is 383 g/mol. The molecule has 8 nitrogen and oxygen atoms in total. The molecule has 28 heavy (non-hydrogen) atoms. The van der Waals surface area contributed by atoms with Gasteiger partial charge in [0.2, 0.25) is 5.91 Å². The van der Waals surface area contributed by atoms with Crippen LogP contribution >= 0.6 is 0 Å². The summed E-state index contributed by atoms with van der Waals surface area (Å²) in [4.78, 5) is 12.4. The summed E-state index contributed by atoms with van der Waals surface area (Å²) in [6, 6.07) is 7.63. The van der Waals surface area contributed by atoms with E-state index in [0.29, 0.717) is 18.0 Å². The van der Waals surface area contributed by atoms with E-state index in [9.17, 15) is 4.79 Å². The number of carbonyl (C=O) groups is 1. The van der Waals surface area contributed by atoms with Crippen LogP contribution in [0.25, 0.3) is 0 Å². The van der Waals surface area contributed by atoms with Gasteiger partial charge >= 0.3 is 0 Å². The number of amides is 1. The first-order chi connectivity index (χ1) is 13.4. The molecule has 1 aromatic carbocycles. The summed E-state index contributed by atoms with van der Waals surface area (Å²) >= 11 is 0. The maximum atomic E-state index is 12.4. The Balaban J connectivity index is 1.76. The number of nitrogens with zero attached hydrogens (tertiary/aromatic N) is 4. The minimum absolute atomic E-state index is 0.135. The lowest BCUT2D eigenvalue weighted by atomic mass is 10.2. The lowest BCUT2D eigenvalue weighted by Crippen LogP contribution is -2.21. The van der Waals surface area contributed by atoms with Crippen molar-refractivity contribution in [2.45, 2.75) is 33.9 Å². The zero-order valence-corrected chi connectivity index (χ0v) is 16.8. The summed E-state index contributed by atoms with van der Waals surface area (Å²) in [5.74, 6) is 1.22. The highest BCUT2D eigenvalue weighted by Crippen LogP contribution is 2.28. The van der Waals surface area contributed by atoms with Gasteiger partial charge in [0.1, 0.15) is 6.54 Å². The van der Waals surface area contributed by atoms with Crippen LogP contribution in [0.15, 0.2) is 30.5 Å². The maximum Gasteiger partial charge on any atom is 0.246 e. The Morgan fingerprint density at radius 3 is 2.46 bits per heavy atom. The Morgan fingerprint density at radius 2 is 1.82 bits per heavy atom. The Morgan fingerprint density at radius 1 is 1.07 bits per heavy atom. The summed E-state index contributed by atoms with van der Waals surface area (Å²) in [6.45, 7) is 6.46. The first-order valence-corrected chi connectivity index (χ1v) is 8.96. The van der Waals surface area contributed by atoms with Crippen LogP contribution in [-0.4, -0.2) is 39.7 Å². The maximum absolute atomic E-state index is 12.4. The fraction of sp³-hybridized carbons (Fsp3) is 0.350. The third kappa shape index (κ3) is 4.00.